The maximum Gasteiger partial charge on any atom is 0.196 e. The molecule has 0 aliphatic heterocycles. The molecule has 0 aromatic heterocycles. The van der Waals surface area contributed by atoms with Gasteiger partial charge in [-0.3, -0.25) is 0 Å². The molecule has 0 saturated carbocycles. The van der Waals surface area contributed by atoms with Crippen LogP contribution < -0.4 is 4.74 Å². The highest BCUT2D eigenvalue weighted by Gasteiger charge is 2.13. The van der Waals surface area contributed by atoms with E-state index in [2.05, 4.69) is 0 Å². The molecule has 0 aliphatic carbocycles. The molecule has 0 bridgehead atoms. The Hall–Kier alpha value is -1.71. The van der Waals surface area contributed by atoms with Crippen LogP contribution in [-0.4, -0.2) is 16.3 Å². The first-order valence-corrected chi connectivity index (χ1v) is 6.15. The second-order valence-corrected chi connectivity index (χ2v) is 4.34. The van der Waals surface area contributed by atoms with Gasteiger partial charge < -0.3 is 9.84 Å². The molecule has 0 heterocycles. The molecule has 0 spiro atoms. The van der Waals surface area contributed by atoms with Crippen LogP contribution in [0, 0.1) is 0 Å². The second-order valence-electron chi connectivity index (χ2n) is 3.94. The van der Waals surface area contributed by atoms with Crippen LogP contribution in [-0.2, 0) is 6.42 Å². The van der Waals surface area contributed by atoms with Gasteiger partial charge in [-0.2, -0.15) is 0 Å². The van der Waals surface area contributed by atoms with E-state index in [1.165, 1.54) is 0 Å². The standard InChI is InChI=1S/C15H14O2S/c16-14(11-12-7-3-1-4-8-12)15(18)17-13-9-5-2-6-10-13/h1-10,14,16H,11H2/t14-/m1/s1. The minimum absolute atomic E-state index is 0.199. The predicted molar refractivity (Wildman–Crippen MR) is 75.8 cm³/mol. The van der Waals surface area contributed by atoms with Crippen LogP contribution in [0.25, 0.3) is 0 Å². The van der Waals surface area contributed by atoms with Crippen molar-refractivity contribution in [3.8, 4) is 5.75 Å². The molecule has 18 heavy (non-hydrogen) atoms. The lowest BCUT2D eigenvalue weighted by Gasteiger charge is -2.13. The summed E-state index contributed by atoms with van der Waals surface area (Å²) in [7, 11) is 0. The number of para-hydroxylation sites is 1. The van der Waals surface area contributed by atoms with Gasteiger partial charge in [0.2, 0.25) is 0 Å². The third-order valence-corrected chi connectivity index (χ3v) is 2.86. The van der Waals surface area contributed by atoms with Gasteiger partial charge in [-0.1, -0.05) is 48.5 Å². The largest absolute Gasteiger partial charge is 0.447 e. The Balaban J connectivity index is 1.93. The third-order valence-electron chi connectivity index (χ3n) is 2.51. The highest BCUT2D eigenvalue weighted by molar-refractivity contribution is 7.80. The van der Waals surface area contributed by atoms with E-state index < -0.39 is 6.10 Å². The zero-order valence-electron chi connectivity index (χ0n) is 9.82. The van der Waals surface area contributed by atoms with Crippen molar-refractivity contribution in [1.82, 2.24) is 0 Å². The Bertz CT molecular complexity index is 496. The van der Waals surface area contributed by atoms with Crippen LogP contribution >= 0.6 is 12.2 Å². The lowest BCUT2D eigenvalue weighted by molar-refractivity contribution is 0.224. The van der Waals surface area contributed by atoms with Crippen LogP contribution in [0.4, 0.5) is 0 Å². The Morgan fingerprint density at radius 2 is 1.56 bits per heavy atom. The maximum absolute atomic E-state index is 9.97. The molecular formula is C15H14O2S. The summed E-state index contributed by atoms with van der Waals surface area (Å²) in [4.78, 5) is 0. The molecule has 1 atom stereocenters. The van der Waals surface area contributed by atoms with E-state index >= 15 is 0 Å². The van der Waals surface area contributed by atoms with Crippen molar-refractivity contribution in [2.24, 2.45) is 0 Å². The first-order valence-electron chi connectivity index (χ1n) is 5.74. The van der Waals surface area contributed by atoms with E-state index in [0.717, 1.165) is 5.56 Å². The number of benzene rings is 2. The summed E-state index contributed by atoms with van der Waals surface area (Å²) in [6.45, 7) is 0. The average Bonchev–Trinajstić information content (AvgIpc) is 2.41. The molecule has 2 rings (SSSR count). The number of thiocarbonyl (C=S) groups is 1. The number of aliphatic hydroxyl groups excluding tert-OH is 1. The van der Waals surface area contributed by atoms with Gasteiger partial charge in [0.25, 0.3) is 0 Å². The summed E-state index contributed by atoms with van der Waals surface area (Å²) < 4.78 is 5.43. The van der Waals surface area contributed by atoms with Crippen LogP contribution in [0.15, 0.2) is 60.7 Å². The molecule has 0 unspecified atom stereocenters. The summed E-state index contributed by atoms with van der Waals surface area (Å²) >= 11 is 5.09. The minimum atomic E-state index is -0.775. The zero-order chi connectivity index (χ0) is 12.8. The molecule has 0 fully saturated rings. The normalized spacial score (nSPS) is 11.8. The van der Waals surface area contributed by atoms with Crippen LogP contribution in [0.1, 0.15) is 5.56 Å². The third kappa shape index (κ3) is 3.65. The van der Waals surface area contributed by atoms with E-state index in [-0.39, 0.29) is 5.05 Å². The van der Waals surface area contributed by atoms with Gasteiger partial charge in [-0.25, -0.2) is 0 Å². The number of hydrogen-bond donors (Lipinski definition) is 1. The smallest absolute Gasteiger partial charge is 0.196 e. The summed E-state index contributed by atoms with van der Waals surface area (Å²) in [5.74, 6) is 0.648. The highest BCUT2D eigenvalue weighted by Crippen LogP contribution is 2.12. The monoisotopic (exact) mass is 258 g/mol. The van der Waals surface area contributed by atoms with Crippen molar-refractivity contribution in [2.75, 3.05) is 0 Å². The number of ether oxygens (including phenoxy) is 1. The molecule has 0 aliphatic rings. The molecular weight excluding hydrogens is 244 g/mol. The number of aliphatic hydroxyl groups is 1. The molecule has 3 heteroatoms. The van der Waals surface area contributed by atoms with Crippen molar-refractivity contribution < 1.29 is 9.84 Å². The van der Waals surface area contributed by atoms with Crippen molar-refractivity contribution >= 4 is 17.3 Å². The highest BCUT2D eigenvalue weighted by atomic mass is 32.1. The van der Waals surface area contributed by atoms with E-state index in [9.17, 15) is 5.11 Å². The second kappa shape index (κ2) is 6.28. The number of hydrogen-bond acceptors (Lipinski definition) is 3. The maximum atomic E-state index is 9.97. The van der Waals surface area contributed by atoms with Gasteiger partial charge >= 0.3 is 0 Å². The molecule has 2 aromatic rings. The Kier molecular flexibility index (Phi) is 4.45. The van der Waals surface area contributed by atoms with Crippen LogP contribution in [0.5, 0.6) is 5.75 Å². The Labute approximate surface area is 112 Å². The van der Waals surface area contributed by atoms with Crippen molar-refractivity contribution in [3.05, 3.63) is 66.2 Å². The molecule has 92 valence electrons. The fourth-order valence-electron chi connectivity index (χ4n) is 1.59. The Morgan fingerprint density at radius 1 is 1.00 bits per heavy atom. The summed E-state index contributed by atoms with van der Waals surface area (Å²) in [6, 6.07) is 19.0. The summed E-state index contributed by atoms with van der Waals surface area (Å²) in [5.41, 5.74) is 1.03. The lowest BCUT2D eigenvalue weighted by atomic mass is 10.1. The molecule has 1 N–H and O–H groups in total. The molecule has 0 saturated heterocycles. The average molecular weight is 258 g/mol. The van der Waals surface area contributed by atoms with Crippen LogP contribution in [0.3, 0.4) is 0 Å². The van der Waals surface area contributed by atoms with E-state index in [1.807, 2.05) is 60.7 Å². The minimum Gasteiger partial charge on any atom is -0.447 e. The summed E-state index contributed by atoms with van der Waals surface area (Å²) in [6.07, 6.45) is -0.311. The first-order chi connectivity index (χ1) is 8.75. The van der Waals surface area contributed by atoms with Crippen molar-refractivity contribution in [1.29, 1.82) is 0 Å². The lowest BCUT2D eigenvalue weighted by Crippen LogP contribution is -2.25. The fourth-order valence-corrected chi connectivity index (χ4v) is 1.77. The number of rotatable bonds is 4. The molecule has 2 nitrogen and oxygen atoms in total. The SMILES string of the molecule is O[C@H](Cc1ccccc1)C(=S)Oc1ccccc1. The van der Waals surface area contributed by atoms with Gasteiger partial charge in [0.15, 0.2) is 5.05 Å². The topological polar surface area (TPSA) is 29.5 Å². The van der Waals surface area contributed by atoms with Crippen molar-refractivity contribution in [3.63, 3.8) is 0 Å². The van der Waals surface area contributed by atoms with E-state index in [4.69, 9.17) is 17.0 Å². The molecule has 2 aromatic carbocycles. The van der Waals surface area contributed by atoms with E-state index in [1.54, 1.807) is 0 Å². The van der Waals surface area contributed by atoms with Gasteiger partial charge in [-0.05, 0) is 29.9 Å². The predicted octanol–water partition coefficient (Wildman–Crippen LogP) is 3.00. The zero-order valence-corrected chi connectivity index (χ0v) is 10.6. The van der Waals surface area contributed by atoms with Crippen LogP contribution in [0.2, 0.25) is 0 Å². The quantitative estimate of drug-likeness (QED) is 0.855. The van der Waals surface area contributed by atoms with Gasteiger partial charge in [0, 0.05) is 6.42 Å². The molecule has 0 amide bonds. The van der Waals surface area contributed by atoms with Crippen molar-refractivity contribution in [2.45, 2.75) is 12.5 Å². The van der Waals surface area contributed by atoms with E-state index in [0.29, 0.717) is 12.2 Å². The fraction of sp³-hybridized carbons (Fsp3) is 0.133. The first kappa shape index (κ1) is 12.7. The summed E-state index contributed by atoms with van der Waals surface area (Å²) in [5, 5.41) is 10.2. The Morgan fingerprint density at radius 3 is 2.17 bits per heavy atom. The molecule has 0 radical (unpaired) electrons. The van der Waals surface area contributed by atoms with Gasteiger partial charge in [0.05, 0.1) is 0 Å². The van der Waals surface area contributed by atoms with Gasteiger partial charge in [0.1, 0.15) is 11.9 Å². The van der Waals surface area contributed by atoms with Gasteiger partial charge in [-0.15, -0.1) is 0 Å².